The molecule has 0 fully saturated rings. The Kier molecular flexibility index (Phi) is 3.98. The molecule has 0 aliphatic carbocycles. The van der Waals surface area contributed by atoms with Gasteiger partial charge >= 0.3 is 0 Å². The first-order chi connectivity index (χ1) is 8.65. The molecule has 1 nitrogen and oxygen atoms in total. The maximum absolute atomic E-state index is 13.0. The number of rotatable bonds is 4. The molecule has 0 atom stereocenters. The SMILES string of the molecule is CC(C)c1ccc(COc2cccc(F)c2)cc1. The molecule has 2 aromatic carbocycles. The summed E-state index contributed by atoms with van der Waals surface area (Å²) in [5.41, 5.74) is 2.40. The number of benzene rings is 2. The van der Waals surface area contributed by atoms with Crippen LogP contribution in [0.3, 0.4) is 0 Å². The Morgan fingerprint density at radius 2 is 1.78 bits per heavy atom. The number of hydrogen-bond acceptors (Lipinski definition) is 1. The van der Waals surface area contributed by atoms with E-state index in [1.54, 1.807) is 12.1 Å². The molecule has 0 N–H and O–H groups in total. The Bertz CT molecular complexity index is 503. The molecule has 0 saturated carbocycles. The van der Waals surface area contributed by atoms with E-state index < -0.39 is 0 Å². The van der Waals surface area contributed by atoms with E-state index in [-0.39, 0.29) is 5.82 Å². The van der Waals surface area contributed by atoms with E-state index in [1.165, 1.54) is 17.7 Å². The zero-order valence-electron chi connectivity index (χ0n) is 10.7. The predicted octanol–water partition coefficient (Wildman–Crippen LogP) is 4.53. The van der Waals surface area contributed by atoms with Gasteiger partial charge in [-0.25, -0.2) is 4.39 Å². The van der Waals surface area contributed by atoms with Crippen molar-refractivity contribution in [2.24, 2.45) is 0 Å². The zero-order chi connectivity index (χ0) is 13.0. The largest absolute Gasteiger partial charge is 0.489 e. The van der Waals surface area contributed by atoms with Gasteiger partial charge in [0.05, 0.1) is 0 Å². The molecular weight excluding hydrogens is 227 g/mol. The first kappa shape index (κ1) is 12.6. The van der Waals surface area contributed by atoms with Crippen LogP contribution in [0, 0.1) is 5.82 Å². The summed E-state index contributed by atoms with van der Waals surface area (Å²) in [5, 5.41) is 0. The lowest BCUT2D eigenvalue weighted by Gasteiger charge is -2.08. The highest BCUT2D eigenvalue weighted by Gasteiger charge is 2.00. The number of ether oxygens (including phenoxy) is 1. The fourth-order valence-electron chi connectivity index (χ4n) is 1.72. The lowest BCUT2D eigenvalue weighted by Crippen LogP contribution is -1.96. The van der Waals surface area contributed by atoms with Crippen LogP contribution in [0.5, 0.6) is 5.75 Å². The van der Waals surface area contributed by atoms with Gasteiger partial charge in [-0.05, 0) is 29.2 Å². The third-order valence-corrected chi connectivity index (χ3v) is 2.85. The van der Waals surface area contributed by atoms with Crippen LogP contribution in [0.4, 0.5) is 4.39 Å². The van der Waals surface area contributed by atoms with E-state index in [4.69, 9.17) is 4.74 Å². The molecule has 0 bridgehead atoms. The van der Waals surface area contributed by atoms with Crippen LogP contribution >= 0.6 is 0 Å². The zero-order valence-corrected chi connectivity index (χ0v) is 10.7. The van der Waals surface area contributed by atoms with Crippen molar-refractivity contribution in [1.82, 2.24) is 0 Å². The molecule has 94 valence electrons. The van der Waals surface area contributed by atoms with Crippen LogP contribution in [0.2, 0.25) is 0 Å². The van der Waals surface area contributed by atoms with E-state index in [1.807, 2.05) is 0 Å². The average molecular weight is 244 g/mol. The molecule has 18 heavy (non-hydrogen) atoms. The lowest BCUT2D eigenvalue weighted by atomic mass is 10.0. The summed E-state index contributed by atoms with van der Waals surface area (Å²) in [5.74, 6) is 0.814. The Balaban J connectivity index is 1.98. The van der Waals surface area contributed by atoms with Gasteiger partial charge < -0.3 is 4.74 Å². The number of hydrogen-bond donors (Lipinski definition) is 0. The van der Waals surface area contributed by atoms with Crippen LogP contribution in [0.1, 0.15) is 30.9 Å². The molecule has 0 saturated heterocycles. The molecule has 0 spiro atoms. The second-order valence-electron chi connectivity index (χ2n) is 4.64. The third kappa shape index (κ3) is 3.33. The minimum Gasteiger partial charge on any atom is -0.489 e. The molecule has 0 aromatic heterocycles. The molecule has 0 aliphatic heterocycles. The molecule has 2 aromatic rings. The highest BCUT2D eigenvalue weighted by atomic mass is 19.1. The Labute approximate surface area is 107 Å². The normalized spacial score (nSPS) is 10.7. The molecule has 2 rings (SSSR count). The Morgan fingerprint density at radius 1 is 1.06 bits per heavy atom. The van der Waals surface area contributed by atoms with Crippen molar-refractivity contribution < 1.29 is 9.13 Å². The van der Waals surface area contributed by atoms with Gasteiger partial charge in [0.25, 0.3) is 0 Å². The monoisotopic (exact) mass is 244 g/mol. The van der Waals surface area contributed by atoms with Gasteiger partial charge in [-0.1, -0.05) is 44.2 Å². The summed E-state index contributed by atoms with van der Waals surface area (Å²) >= 11 is 0. The van der Waals surface area contributed by atoms with Crippen molar-refractivity contribution in [3.8, 4) is 5.75 Å². The summed E-state index contributed by atoms with van der Waals surface area (Å²) in [6, 6.07) is 14.5. The van der Waals surface area contributed by atoms with E-state index in [0.29, 0.717) is 18.3 Å². The second-order valence-corrected chi connectivity index (χ2v) is 4.64. The van der Waals surface area contributed by atoms with Crippen LogP contribution in [0.15, 0.2) is 48.5 Å². The van der Waals surface area contributed by atoms with Crippen molar-refractivity contribution in [2.75, 3.05) is 0 Å². The van der Waals surface area contributed by atoms with Crippen molar-refractivity contribution in [3.05, 3.63) is 65.5 Å². The van der Waals surface area contributed by atoms with Crippen LogP contribution in [-0.4, -0.2) is 0 Å². The summed E-state index contributed by atoms with van der Waals surface area (Å²) in [6.45, 7) is 4.79. The van der Waals surface area contributed by atoms with Crippen molar-refractivity contribution in [2.45, 2.75) is 26.4 Å². The van der Waals surface area contributed by atoms with E-state index in [0.717, 1.165) is 5.56 Å². The smallest absolute Gasteiger partial charge is 0.126 e. The molecule has 0 heterocycles. The van der Waals surface area contributed by atoms with Gasteiger partial charge in [-0.15, -0.1) is 0 Å². The minimum atomic E-state index is -0.275. The second kappa shape index (κ2) is 5.67. The first-order valence-corrected chi connectivity index (χ1v) is 6.12. The highest BCUT2D eigenvalue weighted by molar-refractivity contribution is 5.26. The molecule has 0 aliphatic rings. The summed E-state index contributed by atoms with van der Waals surface area (Å²) < 4.78 is 18.5. The molecule has 0 radical (unpaired) electrons. The van der Waals surface area contributed by atoms with E-state index in [2.05, 4.69) is 38.1 Å². The fraction of sp³-hybridized carbons (Fsp3) is 0.250. The van der Waals surface area contributed by atoms with Gasteiger partial charge in [0.2, 0.25) is 0 Å². The molecule has 2 heteroatoms. The van der Waals surface area contributed by atoms with Crippen molar-refractivity contribution in [3.63, 3.8) is 0 Å². The standard InChI is InChI=1S/C16H17FO/c1-12(2)14-8-6-13(7-9-14)11-18-16-5-3-4-15(17)10-16/h3-10,12H,11H2,1-2H3. The maximum atomic E-state index is 13.0. The van der Waals surface area contributed by atoms with Crippen LogP contribution in [0.25, 0.3) is 0 Å². The topological polar surface area (TPSA) is 9.23 Å². The minimum absolute atomic E-state index is 0.275. The summed E-state index contributed by atoms with van der Waals surface area (Å²) in [4.78, 5) is 0. The average Bonchev–Trinajstić information content (AvgIpc) is 2.37. The Hall–Kier alpha value is -1.83. The van der Waals surface area contributed by atoms with Gasteiger partial charge in [0.1, 0.15) is 18.2 Å². The maximum Gasteiger partial charge on any atom is 0.126 e. The fourth-order valence-corrected chi connectivity index (χ4v) is 1.72. The predicted molar refractivity (Wildman–Crippen MR) is 71.3 cm³/mol. The number of halogens is 1. The van der Waals surface area contributed by atoms with Gasteiger partial charge in [0, 0.05) is 6.07 Å². The van der Waals surface area contributed by atoms with Crippen LogP contribution in [-0.2, 0) is 6.61 Å². The van der Waals surface area contributed by atoms with Crippen molar-refractivity contribution in [1.29, 1.82) is 0 Å². The quantitative estimate of drug-likeness (QED) is 0.767. The van der Waals surface area contributed by atoms with Gasteiger partial charge in [-0.2, -0.15) is 0 Å². The Morgan fingerprint density at radius 3 is 2.39 bits per heavy atom. The summed E-state index contributed by atoms with van der Waals surface area (Å²) in [6.07, 6.45) is 0. The molecule has 0 amide bonds. The lowest BCUT2D eigenvalue weighted by molar-refractivity contribution is 0.304. The summed E-state index contributed by atoms with van der Waals surface area (Å²) in [7, 11) is 0. The molecule has 0 unspecified atom stereocenters. The van der Waals surface area contributed by atoms with Gasteiger partial charge in [-0.3, -0.25) is 0 Å². The van der Waals surface area contributed by atoms with Gasteiger partial charge in [0.15, 0.2) is 0 Å². The van der Waals surface area contributed by atoms with Crippen LogP contribution < -0.4 is 4.74 Å². The van der Waals surface area contributed by atoms with Crippen molar-refractivity contribution >= 4 is 0 Å². The van der Waals surface area contributed by atoms with E-state index >= 15 is 0 Å². The third-order valence-electron chi connectivity index (χ3n) is 2.85. The molecular formula is C16H17FO. The highest BCUT2D eigenvalue weighted by Crippen LogP contribution is 2.17. The van der Waals surface area contributed by atoms with E-state index in [9.17, 15) is 4.39 Å². The first-order valence-electron chi connectivity index (χ1n) is 6.12.